The Morgan fingerprint density at radius 2 is 1.59 bits per heavy atom. The van der Waals surface area contributed by atoms with Crippen LogP contribution in [0, 0.1) is 11.6 Å². The number of hydrogen-bond donors (Lipinski definition) is 0. The van der Waals surface area contributed by atoms with E-state index in [1.807, 2.05) is 0 Å². The summed E-state index contributed by atoms with van der Waals surface area (Å²) >= 11 is 5.16. The van der Waals surface area contributed by atoms with E-state index < -0.39 is 28.4 Å². The lowest BCUT2D eigenvalue weighted by Crippen LogP contribution is -2.13. The summed E-state index contributed by atoms with van der Waals surface area (Å²) in [6.45, 7) is 0. The van der Waals surface area contributed by atoms with Crippen LogP contribution < -0.4 is 4.74 Å². The van der Waals surface area contributed by atoms with Gasteiger partial charge in [-0.1, -0.05) is 24.3 Å². The van der Waals surface area contributed by atoms with Gasteiger partial charge in [-0.3, -0.25) is 4.79 Å². The molecule has 112 valence electrons. The van der Waals surface area contributed by atoms with Crippen LogP contribution in [0.3, 0.4) is 0 Å². The molecular formula is C16H9ClF2O3. The molecule has 0 N–H and O–H groups in total. The number of esters is 1. The van der Waals surface area contributed by atoms with Gasteiger partial charge in [-0.2, -0.15) is 0 Å². The van der Waals surface area contributed by atoms with Crippen molar-refractivity contribution in [1.82, 2.24) is 0 Å². The average Bonchev–Trinajstić information content (AvgIpc) is 2.46. The maximum atomic E-state index is 13.4. The molecule has 6 heteroatoms. The molecule has 0 fully saturated rings. The van der Waals surface area contributed by atoms with E-state index in [9.17, 15) is 18.4 Å². The summed E-state index contributed by atoms with van der Waals surface area (Å²) in [5.74, 6) is -3.01. The molecule has 22 heavy (non-hydrogen) atoms. The first kappa shape index (κ1) is 15.9. The number of allylic oxidation sites excluding steroid dienone is 1. The minimum Gasteiger partial charge on any atom is -0.423 e. The highest BCUT2D eigenvalue weighted by molar-refractivity contribution is 6.66. The van der Waals surface area contributed by atoms with Crippen molar-refractivity contribution in [3.63, 3.8) is 0 Å². The molecule has 2 rings (SSSR count). The Morgan fingerprint density at radius 1 is 1.00 bits per heavy atom. The monoisotopic (exact) mass is 322 g/mol. The Bertz CT molecular complexity index is 719. The van der Waals surface area contributed by atoms with Gasteiger partial charge in [0.1, 0.15) is 22.9 Å². The van der Waals surface area contributed by atoms with Crippen molar-refractivity contribution in [1.29, 1.82) is 0 Å². The zero-order valence-electron chi connectivity index (χ0n) is 11.1. The van der Waals surface area contributed by atoms with Crippen LogP contribution in [0.25, 0.3) is 6.08 Å². The van der Waals surface area contributed by atoms with E-state index in [2.05, 4.69) is 0 Å². The van der Waals surface area contributed by atoms with E-state index in [4.69, 9.17) is 16.3 Å². The Morgan fingerprint density at radius 3 is 2.14 bits per heavy atom. The van der Waals surface area contributed by atoms with Gasteiger partial charge < -0.3 is 4.74 Å². The van der Waals surface area contributed by atoms with E-state index in [-0.39, 0.29) is 5.75 Å². The minimum atomic E-state index is -1.13. The topological polar surface area (TPSA) is 43.4 Å². The van der Waals surface area contributed by atoms with Gasteiger partial charge in [0.2, 0.25) is 5.24 Å². The number of halogens is 3. The molecule has 0 aromatic heterocycles. The summed E-state index contributed by atoms with van der Waals surface area (Å²) in [6.07, 6.45) is 2.63. The van der Waals surface area contributed by atoms with Crippen LogP contribution >= 0.6 is 11.6 Å². The third kappa shape index (κ3) is 3.99. The number of ether oxygens (including phenoxy) is 1. The lowest BCUT2D eigenvalue weighted by Gasteiger charge is -2.06. The van der Waals surface area contributed by atoms with Gasteiger partial charge in [0.15, 0.2) is 0 Å². The van der Waals surface area contributed by atoms with Gasteiger partial charge in [-0.05, 0) is 47.5 Å². The quantitative estimate of drug-likeness (QED) is 0.370. The van der Waals surface area contributed by atoms with Crippen LogP contribution in [0.15, 0.2) is 48.5 Å². The van der Waals surface area contributed by atoms with Crippen molar-refractivity contribution in [3.05, 3.63) is 71.3 Å². The van der Waals surface area contributed by atoms with Gasteiger partial charge in [0.25, 0.3) is 0 Å². The van der Waals surface area contributed by atoms with Crippen molar-refractivity contribution in [2.75, 3.05) is 0 Å². The second-order valence-corrected chi connectivity index (χ2v) is 4.57. The predicted molar refractivity (Wildman–Crippen MR) is 77.7 cm³/mol. The molecule has 0 atom stereocenters. The molecule has 0 saturated carbocycles. The maximum absolute atomic E-state index is 13.4. The van der Waals surface area contributed by atoms with E-state index in [1.54, 1.807) is 12.1 Å². The van der Waals surface area contributed by atoms with Crippen molar-refractivity contribution in [3.8, 4) is 5.75 Å². The summed E-state index contributed by atoms with van der Waals surface area (Å²) in [5.41, 5.74) is -0.106. The molecule has 0 aliphatic rings. The van der Waals surface area contributed by atoms with Gasteiger partial charge >= 0.3 is 5.97 Å². The first-order chi connectivity index (χ1) is 10.5. The highest BCUT2D eigenvalue weighted by Gasteiger charge is 2.19. The highest BCUT2D eigenvalue weighted by Crippen LogP contribution is 2.18. The fraction of sp³-hybridized carbons (Fsp3) is 0. The third-order valence-corrected chi connectivity index (χ3v) is 2.79. The van der Waals surface area contributed by atoms with Gasteiger partial charge in [0.05, 0.1) is 0 Å². The molecule has 2 aromatic rings. The Hall–Kier alpha value is -2.53. The molecule has 3 nitrogen and oxygen atoms in total. The van der Waals surface area contributed by atoms with E-state index >= 15 is 0 Å². The molecule has 0 aliphatic heterocycles. The molecule has 0 aliphatic carbocycles. The smallest absolute Gasteiger partial charge is 0.349 e. The van der Waals surface area contributed by atoms with Crippen LogP contribution in [0.5, 0.6) is 5.75 Å². The first-order valence-electron chi connectivity index (χ1n) is 6.11. The molecule has 0 unspecified atom stereocenters. The van der Waals surface area contributed by atoms with Crippen molar-refractivity contribution >= 4 is 28.9 Å². The lowest BCUT2D eigenvalue weighted by atomic mass is 10.2. The van der Waals surface area contributed by atoms with Crippen LogP contribution in [-0.4, -0.2) is 11.2 Å². The van der Waals surface area contributed by atoms with Crippen molar-refractivity contribution in [2.24, 2.45) is 0 Å². The zero-order valence-corrected chi connectivity index (χ0v) is 11.8. The molecule has 0 amide bonds. The molecule has 0 saturated heterocycles. The first-order valence-corrected chi connectivity index (χ1v) is 6.49. The van der Waals surface area contributed by atoms with E-state index in [0.717, 1.165) is 24.3 Å². The Kier molecular flexibility index (Phi) is 5.01. The van der Waals surface area contributed by atoms with Crippen LogP contribution in [0.1, 0.15) is 15.9 Å². The number of carbonyl (C=O) groups is 2. The van der Waals surface area contributed by atoms with Crippen molar-refractivity contribution < 1.29 is 23.1 Å². The number of hydrogen-bond acceptors (Lipinski definition) is 3. The summed E-state index contributed by atoms with van der Waals surface area (Å²) in [6, 6.07) is 9.05. The minimum absolute atomic E-state index is 0.113. The van der Waals surface area contributed by atoms with Gasteiger partial charge in [-0.25, -0.2) is 13.6 Å². The van der Waals surface area contributed by atoms with Crippen molar-refractivity contribution in [2.45, 2.75) is 0 Å². The highest BCUT2D eigenvalue weighted by atomic mass is 35.5. The molecule has 0 heterocycles. The van der Waals surface area contributed by atoms with Gasteiger partial charge in [0, 0.05) is 0 Å². The molecule has 0 spiro atoms. The van der Waals surface area contributed by atoms with Crippen LogP contribution in [-0.2, 0) is 4.79 Å². The predicted octanol–water partition coefficient (Wildman–Crippen LogP) is 3.96. The average molecular weight is 323 g/mol. The number of rotatable bonds is 4. The second-order valence-electron chi connectivity index (χ2n) is 4.19. The standard InChI is InChI=1S/C16H9ClF2O3/c17-14(20)9-6-10-4-7-11(8-5-10)22-16(21)15-12(18)2-1-3-13(15)19/h1-9H. The van der Waals surface area contributed by atoms with E-state index in [0.29, 0.717) is 5.56 Å². The summed E-state index contributed by atoms with van der Waals surface area (Å²) in [5, 5.41) is -0.620. The number of carbonyl (C=O) groups excluding carboxylic acids is 2. The lowest BCUT2D eigenvalue weighted by molar-refractivity contribution is -0.107. The van der Waals surface area contributed by atoms with E-state index in [1.165, 1.54) is 18.2 Å². The second kappa shape index (κ2) is 6.95. The molecule has 0 radical (unpaired) electrons. The summed E-state index contributed by atoms with van der Waals surface area (Å²) in [7, 11) is 0. The zero-order chi connectivity index (χ0) is 16.1. The van der Waals surface area contributed by atoms with Gasteiger partial charge in [-0.15, -0.1) is 0 Å². The fourth-order valence-corrected chi connectivity index (χ4v) is 1.72. The Balaban J connectivity index is 2.14. The molecule has 0 bridgehead atoms. The van der Waals surface area contributed by atoms with Crippen LogP contribution in [0.2, 0.25) is 0 Å². The van der Waals surface area contributed by atoms with Crippen LogP contribution in [0.4, 0.5) is 8.78 Å². The fourth-order valence-electron chi connectivity index (χ4n) is 1.66. The molecule has 2 aromatic carbocycles. The maximum Gasteiger partial charge on any atom is 0.349 e. The largest absolute Gasteiger partial charge is 0.423 e. The summed E-state index contributed by atoms with van der Waals surface area (Å²) in [4.78, 5) is 22.4. The number of benzene rings is 2. The third-order valence-electron chi connectivity index (χ3n) is 2.66. The molecular weight excluding hydrogens is 314 g/mol. The normalized spacial score (nSPS) is 10.7. The Labute approximate surface area is 129 Å². The SMILES string of the molecule is O=C(Cl)C=Cc1ccc(OC(=O)c2c(F)cccc2F)cc1. The summed E-state index contributed by atoms with van der Waals surface area (Å²) < 4.78 is 31.8.